The van der Waals surface area contributed by atoms with Gasteiger partial charge in [0.1, 0.15) is 11.6 Å². The van der Waals surface area contributed by atoms with Crippen LogP contribution in [-0.4, -0.2) is 11.6 Å². The van der Waals surface area contributed by atoms with Crippen LogP contribution in [0.5, 0.6) is 0 Å². The van der Waals surface area contributed by atoms with Crippen LogP contribution in [0, 0.1) is 12.1 Å². The first-order valence-electron chi connectivity index (χ1n) is 5.55. The number of benzene rings is 2. The van der Waals surface area contributed by atoms with Gasteiger partial charge in [-0.3, -0.25) is 9.59 Å². The number of rotatable bonds is 2. The van der Waals surface area contributed by atoms with Gasteiger partial charge in [0.15, 0.2) is 0 Å². The Morgan fingerprint density at radius 2 is 1.00 bits per heavy atom. The van der Waals surface area contributed by atoms with Gasteiger partial charge in [-0.1, -0.05) is 11.1 Å². The van der Waals surface area contributed by atoms with Crippen LogP contribution in [0.3, 0.4) is 0 Å². The van der Waals surface area contributed by atoms with Gasteiger partial charge < -0.3 is 0 Å². The number of hydrogen-bond donors (Lipinski definition) is 0. The van der Waals surface area contributed by atoms with E-state index in [1.165, 1.54) is 0 Å². The molecule has 0 aliphatic rings. The van der Waals surface area contributed by atoms with Gasteiger partial charge in [0.05, 0.1) is 0 Å². The van der Waals surface area contributed by atoms with Crippen molar-refractivity contribution in [1.82, 2.24) is 0 Å². The molecule has 0 unspecified atom stereocenters. The first-order chi connectivity index (χ1) is 8.61. The van der Waals surface area contributed by atoms with Crippen LogP contribution in [0.2, 0.25) is 0 Å². The van der Waals surface area contributed by atoms with Crippen molar-refractivity contribution < 1.29 is 30.7 Å². The molecule has 0 saturated heterocycles. The average molecular weight is 422 g/mol. The number of hydrogen-bond acceptors (Lipinski definition) is 2. The quantitative estimate of drug-likeness (QED) is 0.550. The zero-order valence-electron chi connectivity index (χ0n) is 10.8. The van der Waals surface area contributed by atoms with Crippen molar-refractivity contribution in [3.05, 3.63) is 71.8 Å². The Hall–Kier alpha value is -1.53. The van der Waals surface area contributed by atoms with Crippen molar-refractivity contribution in [3.63, 3.8) is 0 Å². The van der Waals surface area contributed by atoms with E-state index < -0.39 is 0 Å². The zero-order chi connectivity index (χ0) is 13.4. The van der Waals surface area contributed by atoms with Crippen molar-refractivity contribution in [2.24, 2.45) is 0 Å². The normalized spacial score (nSPS) is 8.53. The Balaban J connectivity index is 0.000000324. The molecule has 19 heavy (non-hydrogen) atoms. The molecule has 0 spiro atoms. The average Bonchev–Trinajstić information content (AvgIpc) is 2.41. The minimum atomic E-state index is 0. The van der Waals surface area contributed by atoms with E-state index in [-0.39, 0.29) is 32.6 Å². The fourth-order valence-electron chi connectivity index (χ4n) is 1.24. The van der Waals surface area contributed by atoms with Crippen molar-refractivity contribution in [1.29, 1.82) is 0 Å². The van der Waals surface area contributed by atoms with E-state index in [9.17, 15) is 9.59 Å². The van der Waals surface area contributed by atoms with Crippen LogP contribution in [0.4, 0.5) is 0 Å². The van der Waals surface area contributed by atoms with Gasteiger partial charge >= 0.3 is 21.1 Å². The van der Waals surface area contributed by atoms with Crippen LogP contribution < -0.4 is 0 Å². The van der Waals surface area contributed by atoms with Gasteiger partial charge in [0, 0.05) is 0 Å². The maximum absolute atomic E-state index is 10.6. The van der Waals surface area contributed by atoms with Gasteiger partial charge in [-0.05, 0) is 13.8 Å². The van der Waals surface area contributed by atoms with Crippen LogP contribution in [0.25, 0.3) is 0 Å². The Labute approximate surface area is 128 Å². The minimum Gasteiger partial charge on any atom is -0.297 e. The summed E-state index contributed by atoms with van der Waals surface area (Å²) in [6.07, 6.45) is 0. The monoisotopic (exact) mass is 422 g/mol. The van der Waals surface area contributed by atoms with Gasteiger partial charge in [0.2, 0.25) is 0 Å². The second-order valence-electron chi connectivity index (χ2n) is 3.69. The van der Waals surface area contributed by atoms with Gasteiger partial charge in [0.25, 0.3) is 0 Å². The predicted octanol–water partition coefficient (Wildman–Crippen LogP) is 3.38. The smallest absolute Gasteiger partial charge is 0.297 e. The predicted molar refractivity (Wildman–Crippen MR) is 70.6 cm³/mol. The molecule has 0 amide bonds. The summed E-state index contributed by atoms with van der Waals surface area (Å²) < 4.78 is 0. The molecule has 0 N–H and O–H groups in total. The molecule has 0 saturated carbocycles. The molecular formula is C16H14O2W. The summed E-state index contributed by atoms with van der Waals surface area (Å²) in [4.78, 5) is 21.3. The Morgan fingerprint density at radius 3 is 1.16 bits per heavy atom. The Morgan fingerprint density at radius 1 is 0.737 bits per heavy atom. The standard InChI is InChI=1S/2C8H7O.W/c2*1-7(9)8-5-3-2-4-6-8;/h2*3-6H,1H3;/q2*-1;+2. The molecule has 0 fully saturated rings. The number of Topliss-reactive ketones (excluding diaryl/α,β-unsaturated/α-hetero) is 2. The second-order valence-corrected chi connectivity index (χ2v) is 3.69. The van der Waals surface area contributed by atoms with Crippen molar-refractivity contribution in [3.8, 4) is 0 Å². The minimum absolute atomic E-state index is 0. The van der Waals surface area contributed by atoms with Crippen molar-refractivity contribution in [2.75, 3.05) is 0 Å². The number of carbonyl (C=O) groups is 2. The third kappa shape index (κ3) is 6.83. The van der Waals surface area contributed by atoms with Crippen molar-refractivity contribution in [2.45, 2.75) is 13.8 Å². The number of ketones is 2. The summed E-state index contributed by atoms with van der Waals surface area (Å²) in [5.74, 6) is 0.202. The fraction of sp³-hybridized carbons (Fsp3) is 0.125. The maximum Gasteiger partial charge on any atom is 2.00 e. The molecule has 0 aliphatic carbocycles. The van der Waals surface area contributed by atoms with E-state index >= 15 is 0 Å². The Kier molecular flexibility index (Phi) is 8.65. The summed E-state index contributed by atoms with van der Waals surface area (Å²) in [5, 5.41) is 0. The van der Waals surface area contributed by atoms with Gasteiger partial charge in [-0.25, -0.2) is 0 Å². The topological polar surface area (TPSA) is 34.1 Å². The molecule has 0 aliphatic heterocycles. The Bertz CT molecular complexity index is 457. The molecule has 0 bridgehead atoms. The molecule has 2 aromatic rings. The van der Waals surface area contributed by atoms with Crippen LogP contribution in [-0.2, 0) is 21.1 Å². The second kappa shape index (κ2) is 9.41. The molecule has 3 heteroatoms. The van der Waals surface area contributed by atoms with E-state index in [2.05, 4.69) is 12.1 Å². The molecule has 2 rings (SSSR count). The van der Waals surface area contributed by atoms with E-state index in [1.54, 1.807) is 62.4 Å². The molecule has 2 aromatic carbocycles. The molecule has 0 heterocycles. The summed E-state index contributed by atoms with van der Waals surface area (Å²) in [6.45, 7) is 3.10. The molecule has 0 radical (unpaired) electrons. The van der Waals surface area contributed by atoms with E-state index in [0.29, 0.717) is 0 Å². The largest absolute Gasteiger partial charge is 2.00 e. The molecule has 96 valence electrons. The summed E-state index contributed by atoms with van der Waals surface area (Å²) >= 11 is 0. The maximum atomic E-state index is 10.6. The van der Waals surface area contributed by atoms with E-state index in [0.717, 1.165) is 11.1 Å². The first kappa shape index (κ1) is 17.5. The summed E-state index contributed by atoms with van der Waals surface area (Å²) in [7, 11) is 0. The molecule has 0 aromatic heterocycles. The van der Waals surface area contributed by atoms with E-state index in [1.807, 2.05) is 0 Å². The van der Waals surface area contributed by atoms with Gasteiger partial charge in [-0.2, -0.15) is 60.7 Å². The third-order valence-electron chi connectivity index (χ3n) is 2.25. The first-order valence-corrected chi connectivity index (χ1v) is 5.55. The van der Waals surface area contributed by atoms with Crippen LogP contribution in [0.15, 0.2) is 48.5 Å². The zero-order valence-corrected chi connectivity index (χ0v) is 13.8. The SMILES string of the molecule is CC(=O)c1cc[c-]cc1.CC(=O)c1cc[c-]cc1.[W+2]. The molecule has 2 nitrogen and oxygen atoms in total. The summed E-state index contributed by atoms with van der Waals surface area (Å²) in [5.41, 5.74) is 1.49. The van der Waals surface area contributed by atoms with E-state index in [4.69, 9.17) is 0 Å². The van der Waals surface area contributed by atoms with Crippen molar-refractivity contribution >= 4 is 11.6 Å². The van der Waals surface area contributed by atoms with Gasteiger partial charge in [-0.15, -0.1) is 0 Å². The van der Waals surface area contributed by atoms with Crippen LogP contribution in [0.1, 0.15) is 34.6 Å². The van der Waals surface area contributed by atoms with Crippen LogP contribution >= 0.6 is 0 Å². The fourth-order valence-corrected chi connectivity index (χ4v) is 1.24. The summed E-state index contributed by atoms with van der Waals surface area (Å²) in [6, 6.07) is 19.6. The number of carbonyl (C=O) groups excluding carboxylic acids is 2. The molecular weight excluding hydrogens is 408 g/mol. The molecule has 0 atom stereocenters. The third-order valence-corrected chi connectivity index (χ3v) is 2.25.